The Balaban J connectivity index is 2.13. The first kappa shape index (κ1) is 16.4. The van der Waals surface area contributed by atoms with Gasteiger partial charge in [-0.25, -0.2) is 13.6 Å². The minimum absolute atomic E-state index is 0.00967. The maximum absolute atomic E-state index is 13.2. The molecule has 0 radical (unpaired) electrons. The van der Waals surface area contributed by atoms with E-state index in [0.29, 0.717) is 0 Å². The lowest BCUT2D eigenvalue weighted by atomic mass is 9.83. The number of ether oxygens (including phenoxy) is 1. The molecule has 4 nitrogen and oxygen atoms in total. The van der Waals surface area contributed by atoms with Crippen molar-refractivity contribution in [1.29, 1.82) is 0 Å². The third-order valence-corrected chi connectivity index (χ3v) is 4.04. The summed E-state index contributed by atoms with van der Waals surface area (Å²) < 4.78 is 30.9. The van der Waals surface area contributed by atoms with Gasteiger partial charge in [0.2, 0.25) is 0 Å². The van der Waals surface area contributed by atoms with Crippen LogP contribution in [0, 0.1) is 17.6 Å². The first-order valence-electron chi connectivity index (χ1n) is 7.36. The van der Waals surface area contributed by atoms with Gasteiger partial charge in [-0.1, -0.05) is 19.3 Å². The summed E-state index contributed by atoms with van der Waals surface area (Å²) in [6.45, 7) is 0. The number of hydrogen-bond donors (Lipinski definition) is 1. The number of benzene rings is 1. The zero-order valence-electron chi connectivity index (χ0n) is 12.4. The number of esters is 1. The lowest BCUT2D eigenvalue weighted by molar-refractivity contribution is -0.144. The number of carbonyl (C=O) groups excluding carboxylic acids is 2. The van der Waals surface area contributed by atoms with Crippen molar-refractivity contribution in [2.24, 2.45) is 5.92 Å². The molecule has 1 aliphatic carbocycles. The van der Waals surface area contributed by atoms with Crippen molar-refractivity contribution in [2.45, 2.75) is 38.1 Å². The van der Waals surface area contributed by atoms with Crippen LogP contribution in [0.25, 0.3) is 0 Å². The van der Waals surface area contributed by atoms with Gasteiger partial charge in [0, 0.05) is 5.56 Å². The quantitative estimate of drug-likeness (QED) is 0.870. The molecule has 22 heavy (non-hydrogen) atoms. The van der Waals surface area contributed by atoms with Crippen LogP contribution in [0.3, 0.4) is 0 Å². The van der Waals surface area contributed by atoms with Crippen LogP contribution in [-0.4, -0.2) is 25.0 Å². The van der Waals surface area contributed by atoms with Gasteiger partial charge in [-0.15, -0.1) is 0 Å². The lowest BCUT2D eigenvalue weighted by Crippen LogP contribution is -2.47. The molecule has 0 saturated heterocycles. The molecule has 6 heteroatoms. The largest absolute Gasteiger partial charge is 0.467 e. The van der Waals surface area contributed by atoms with E-state index in [4.69, 9.17) is 4.74 Å². The highest BCUT2D eigenvalue weighted by Gasteiger charge is 2.32. The minimum atomic E-state index is -1.10. The third-order valence-electron chi connectivity index (χ3n) is 4.04. The van der Waals surface area contributed by atoms with Gasteiger partial charge in [0.15, 0.2) is 11.6 Å². The SMILES string of the molecule is COC(=O)[C@H](NC(=O)c1ccc(F)c(F)c1)C1CCCCC1. The first-order valence-corrected chi connectivity index (χ1v) is 7.36. The number of amides is 1. The van der Waals surface area contributed by atoms with E-state index in [-0.39, 0.29) is 11.5 Å². The molecule has 1 aliphatic rings. The van der Waals surface area contributed by atoms with Gasteiger partial charge < -0.3 is 10.1 Å². The van der Waals surface area contributed by atoms with Crippen molar-refractivity contribution in [1.82, 2.24) is 5.32 Å². The smallest absolute Gasteiger partial charge is 0.328 e. The fraction of sp³-hybridized carbons (Fsp3) is 0.500. The van der Waals surface area contributed by atoms with Crippen LogP contribution in [0.2, 0.25) is 0 Å². The molecule has 0 spiro atoms. The van der Waals surface area contributed by atoms with Gasteiger partial charge in [-0.2, -0.15) is 0 Å². The Morgan fingerprint density at radius 3 is 2.45 bits per heavy atom. The molecule has 1 fully saturated rings. The van der Waals surface area contributed by atoms with Crippen molar-refractivity contribution in [3.63, 3.8) is 0 Å². The second-order valence-electron chi connectivity index (χ2n) is 5.50. The molecule has 1 atom stereocenters. The van der Waals surface area contributed by atoms with E-state index in [2.05, 4.69) is 5.32 Å². The van der Waals surface area contributed by atoms with Crippen LogP contribution in [0.5, 0.6) is 0 Å². The molecule has 0 aromatic heterocycles. The van der Waals surface area contributed by atoms with E-state index >= 15 is 0 Å². The molecule has 1 amide bonds. The average molecular weight is 311 g/mol. The van der Waals surface area contributed by atoms with Gasteiger partial charge in [0.05, 0.1) is 7.11 Å². The summed E-state index contributed by atoms with van der Waals surface area (Å²) in [5.41, 5.74) is -0.0244. The Labute approximate surface area is 127 Å². The van der Waals surface area contributed by atoms with Gasteiger partial charge in [-0.3, -0.25) is 4.79 Å². The van der Waals surface area contributed by atoms with Crippen molar-refractivity contribution in [3.8, 4) is 0 Å². The highest BCUT2D eigenvalue weighted by molar-refractivity contribution is 5.96. The highest BCUT2D eigenvalue weighted by atomic mass is 19.2. The Bertz CT molecular complexity index is 556. The van der Waals surface area contributed by atoms with Crippen LogP contribution in [0.1, 0.15) is 42.5 Å². The number of rotatable bonds is 4. The van der Waals surface area contributed by atoms with Gasteiger partial charge >= 0.3 is 5.97 Å². The van der Waals surface area contributed by atoms with Gasteiger partial charge in [0.25, 0.3) is 5.91 Å². The predicted molar refractivity (Wildman–Crippen MR) is 76.2 cm³/mol. The van der Waals surface area contributed by atoms with Crippen molar-refractivity contribution >= 4 is 11.9 Å². The highest BCUT2D eigenvalue weighted by Crippen LogP contribution is 2.27. The molecule has 1 aromatic carbocycles. The summed E-state index contributed by atoms with van der Waals surface area (Å²) in [5.74, 6) is -3.23. The molecular formula is C16H19F2NO3. The van der Waals surface area contributed by atoms with Gasteiger partial charge in [0.1, 0.15) is 6.04 Å². The molecule has 1 saturated carbocycles. The second-order valence-corrected chi connectivity index (χ2v) is 5.50. The summed E-state index contributed by atoms with van der Waals surface area (Å²) >= 11 is 0. The standard InChI is InChI=1S/C16H19F2NO3/c1-22-16(21)14(10-5-3-2-4-6-10)19-15(20)11-7-8-12(17)13(18)9-11/h7-10,14H,2-6H2,1H3,(H,19,20)/t14-/m1/s1. The molecule has 0 heterocycles. The molecule has 0 aliphatic heterocycles. The summed E-state index contributed by atoms with van der Waals surface area (Å²) in [4.78, 5) is 24.1. The number of hydrogen-bond acceptors (Lipinski definition) is 3. The summed E-state index contributed by atoms with van der Waals surface area (Å²) in [7, 11) is 1.27. The van der Waals surface area contributed by atoms with Crippen molar-refractivity contribution < 1.29 is 23.1 Å². The number of halogens is 2. The fourth-order valence-electron chi connectivity index (χ4n) is 2.83. The summed E-state index contributed by atoms with van der Waals surface area (Å²) in [6, 6.07) is 2.13. The molecule has 120 valence electrons. The average Bonchev–Trinajstić information content (AvgIpc) is 2.55. The Hall–Kier alpha value is -1.98. The van der Waals surface area contributed by atoms with Crippen LogP contribution in [-0.2, 0) is 9.53 Å². The molecule has 2 rings (SSSR count). The topological polar surface area (TPSA) is 55.4 Å². The van der Waals surface area contributed by atoms with Gasteiger partial charge in [-0.05, 0) is 37.0 Å². The number of methoxy groups -OCH3 is 1. The number of carbonyl (C=O) groups is 2. The fourth-order valence-corrected chi connectivity index (χ4v) is 2.83. The zero-order chi connectivity index (χ0) is 16.1. The van der Waals surface area contributed by atoms with E-state index in [1.165, 1.54) is 13.2 Å². The summed E-state index contributed by atoms with van der Waals surface area (Å²) in [5, 5.41) is 2.60. The van der Waals surface area contributed by atoms with Crippen molar-refractivity contribution in [3.05, 3.63) is 35.4 Å². The van der Waals surface area contributed by atoms with Crippen molar-refractivity contribution in [2.75, 3.05) is 7.11 Å². The van der Waals surface area contributed by atoms with E-state index < -0.39 is 29.6 Å². The monoisotopic (exact) mass is 311 g/mol. The Morgan fingerprint density at radius 1 is 1.18 bits per heavy atom. The third kappa shape index (κ3) is 3.81. The van der Waals surface area contributed by atoms with Crippen LogP contribution in [0.4, 0.5) is 8.78 Å². The van der Waals surface area contributed by atoms with Crippen LogP contribution < -0.4 is 5.32 Å². The maximum atomic E-state index is 13.2. The molecule has 0 unspecified atom stereocenters. The predicted octanol–water partition coefficient (Wildman–Crippen LogP) is 2.82. The lowest BCUT2D eigenvalue weighted by Gasteiger charge is -2.29. The second kappa shape index (κ2) is 7.33. The van der Waals surface area contributed by atoms with E-state index in [1.807, 2.05) is 0 Å². The minimum Gasteiger partial charge on any atom is -0.467 e. The molecule has 1 N–H and O–H groups in total. The Kier molecular flexibility index (Phi) is 5.46. The van der Waals surface area contributed by atoms with Crippen LogP contribution in [0.15, 0.2) is 18.2 Å². The maximum Gasteiger partial charge on any atom is 0.328 e. The zero-order valence-corrected chi connectivity index (χ0v) is 12.4. The Morgan fingerprint density at radius 2 is 1.86 bits per heavy atom. The first-order chi connectivity index (χ1) is 10.5. The summed E-state index contributed by atoms with van der Waals surface area (Å²) in [6.07, 6.45) is 4.77. The normalized spacial score (nSPS) is 16.9. The number of nitrogens with one attached hydrogen (secondary N) is 1. The van der Waals surface area contributed by atoms with Crippen LogP contribution >= 0.6 is 0 Å². The van der Waals surface area contributed by atoms with E-state index in [9.17, 15) is 18.4 Å². The molecular weight excluding hydrogens is 292 g/mol. The molecule has 0 bridgehead atoms. The molecule has 1 aromatic rings. The van der Waals surface area contributed by atoms with E-state index in [1.54, 1.807) is 0 Å². The van der Waals surface area contributed by atoms with E-state index in [0.717, 1.165) is 44.2 Å².